The molecule has 0 bridgehead atoms. The first kappa shape index (κ1) is 13.1. The zero-order valence-corrected chi connectivity index (χ0v) is 12.0. The molecule has 106 valence electrons. The minimum Gasteiger partial charge on any atom is -0.476 e. The number of benzene rings is 1. The lowest BCUT2D eigenvalue weighted by Crippen LogP contribution is -2.26. The third kappa shape index (κ3) is 2.82. The molecule has 1 aliphatic carbocycles. The molecule has 1 aromatic carbocycles. The van der Waals surface area contributed by atoms with Gasteiger partial charge in [-0.25, -0.2) is 4.98 Å². The third-order valence-electron chi connectivity index (χ3n) is 3.64. The van der Waals surface area contributed by atoms with Gasteiger partial charge in [0.15, 0.2) is 0 Å². The number of anilines is 1. The molecule has 0 amide bonds. The van der Waals surface area contributed by atoms with Crippen LogP contribution >= 0.6 is 0 Å². The van der Waals surface area contributed by atoms with Crippen molar-refractivity contribution in [1.82, 2.24) is 14.9 Å². The van der Waals surface area contributed by atoms with Crippen molar-refractivity contribution in [1.29, 1.82) is 0 Å². The first-order valence-corrected chi connectivity index (χ1v) is 7.05. The highest BCUT2D eigenvalue weighted by molar-refractivity contribution is 5.84. The summed E-state index contributed by atoms with van der Waals surface area (Å²) in [4.78, 5) is 11.2. The molecule has 0 unspecified atom stereocenters. The van der Waals surface area contributed by atoms with Crippen molar-refractivity contribution < 1.29 is 4.74 Å². The number of nitrogens with one attached hydrogen (secondary N) is 1. The quantitative estimate of drug-likeness (QED) is 0.873. The SMILES string of the molecule is CNc1nc(OCCN(C)C2CC2)c2ccccc2n1. The van der Waals surface area contributed by atoms with Crippen LogP contribution in [0.2, 0.25) is 0 Å². The Hall–Kier alpha value is -1.88. The minimum absolute atomic E-state index is 0.592. The van der Waals surface area contributed by atoms with E-state index < -0.39 is 0 Å². The maximum Gasteiger partial charge on any atom is 0.226 e. The van der Waals surface area contributed by atoms with Crippen LogP contribution in [-0.4, -0.2) is 48.2 Å². The standard InChI is InChI=1S/C15H20N4O/c1-16-15-17-13-6-4-3-5-12(13)14(18-15)20-10-9-19(2)11-7-8-11/h3-6,11H,7-10H2,1-2H3,(H,16,17,18). The topological polar surface area (TPSA) is 50.3 Å². The van der Waals surface area contributed by atoms with E-state index in [9.17, 15) is 0 Å². The van der Waals surface area contributed by atoms with Crippen molar-refractivity contribution in [3.8, 4) is 5.88 Å². The van der Waals surface area contributed by atoms with E-state index in [0.29, 0.717) is 18.4 Å². The fraction of sp³-hybridized carbons (Fsp3) is 0.467. The molecule has 1 N–H and O–H groups in total. The highest BCUT2D eigenvalue weighted by Crippen LogP contribution is 2.26. The Morgan fingerprint density at radius 2 is 2.10 bits per heavy atom. The molecule has 0 radical (unpaired) electrons. The van der Waals surface area contributed by atoms with Crippen molar-refractivity contribution in [2.45, 2.75) is 18.9 Å². The van der Waals surface area contributed by atoms with Crippen LogP contribution in [-0.2, 0) is 0 Å². The molecule has 1 aromatic heterocycles. The van der Waals surface area contributed by atoms with Gasteiger partial charge >= 0.3 is 0 Å². The first-order valence-electron chi connectivity index (χ1n) is 7.05. The first-order chi connectivity index (χ1) is 9.78. The number of ether oxygens (including phenoxy) is 1. The number of para-hydroxylation sites is 1. The van der Waals surface area contributed by atoms with Crippen LogP contribution in [0.1, 0.15) is 12.8 Å². The van der Waals surface area contributed by atoms with Crippen LogP contribution in [0.4, 0.5) is 5.95 Å². The van der Waals surface area contributed by atoms with Gasteiger partial charge in [0, 0.05) is 19.6 Å². The van der Waals surface area contributed by atoms with Gasteiger partial charge in [-0.1, -0.05) is 12.1 Å². The van der Waals surface area contributed by atoms with Crippen LogP contribution in [0.5, 0.6) is 5.88 Å². The Kier molecular flexibility index (Phi) is 3.69. The summed E-state index contributed by atoms with van der Waals surface area (Å²) in [5.74, 6) is 1.25. The van der Waals surface area contributed by atoms with Gasteiger partial charge in [0.2, 0.25) is 11.8 Å². The number of fused-ring (bicyclic) bond motifs is 1. The normalized spacial score (nSPS) is 14.8. The van der Waals surface area contributed by atoms with Gasteiger partial charge in [-0.3, -0.25) is 0 Å². The highest BCUT2D eigenvalue weighted by atomic mass is 16.5. The van der Waals surface area contributed by atoms with Gasteiger partial charge < -0.3 is 15.0 Å². The summed E-state index contributed by atoms with van der Waals surface area (Å²) in [6, 6.07) is 8.68. The van der Waals surface area contributed by atoms with Crippen LogP contribution in [0.15, 0.2) is 24.3 Å². The van der Waals surface area contributed by atoms with E-state index in [1.807, 2.05) is 31.3 Å². The second kappa shape index (κ2) is 5.63. The van der Waals surface area contributed by atoms with E-state index in [4.69, 9.17) is 4.74 Å². The molecule has 0 saturated heterocycles. The maximum absolute atomic E-state index is 5.88. The van der Waals surface area contributed by atoms with Crippen LogP contribution < -0.4 is 10.1 Å². The van der Waals surface area contributed by atoms with E-state index in [0.717, 1.165) is 23.5 Å². The predicted octanol–water partition coefficient (Wildman–Crippen LogP) is 2.14. The molecule has 20 heavy (non-hydrogen) atoms. The highest BCUT2D eigenvalue weighted by Gasteiger charge is 2.25. The lowest BCUT2D eigenvalue weighted by molar-refractivity contribution is 0.228. The molecule has 0 aliphatic heterocycles. The molecular weight excluding hydrogens is 252 g/mol. The Morgan fingerprint density at radius 1 is 1.30 bits per heavy atom. The summed E-state index contributed by atoms with van der Waals surface area (Å²) in [6.07, 6.45) is 2.63. The average molecular weight is 272 g/mol. The van der Waals surface area contributed by atoms with Crippen LogP contribution in [0.3, 0.4) is 0 Å². The van der Waals surface area contributed by atoms with Crippen LogP contribution in [0, 0.1) is 0 Å². The summed E-state index contributed by atoms with van der Waals surface area (Å²) >= 11 is 0. The van der Waals surface area contributed by atoms with E-state index >= 15 is 0 Å². The summed E-state index contributed by atoms with van der Waals surface area (Å²) in [6.45, 7) is 1.58. The smallest absolute Gasteiger partial charge is 0.226 e. The van der Waals surface area contributed by atoms with Gasteiger partial charge in [-0.15, -0.1) is 0 Å². The minimum atomic E-state index is 0.592. The molecule has 5 heteroatoms. The number of nitrogens with zero attached hydrogens (tertiary/aromatic N) is 3. The van der Waals surface area contributed by atoms with Gasteiger partial charge in [-0.05, 0) is 32.0 Å². The third-order valence-corrected chi connectivity index (χ3v) is 3.64. The molecule has 0 atom stereocenters. The molecule has 3 rings (SSSR count). The predicted molar refractivity (Wildman–Crippen MR) is 80.2 cm³/mol. The van der Waals surface area contributed by atoms with Crippen LogP contribution in [0.25, 0.3) is 10.9 Å². The molecule has 1 heterocycles. The van der Waals surface area contributed by atoms with Crippen molar-refractivity contribution in [3.05, 3.63) is 24.3 Å². The van der Waals surface area contributed by atoms with Crippen molar-refractivity contribution in [2.75, 3.05) is 32.6 Å². The zero-order chi connectivity index (χ0) is 13.9. The molecule has 0 spiro atoms. The summed E-state index contributed by atoms with van der Waals surface area (Å²) in [5, 5.41) is 3.93. The second-order valence-corrected chi connectivity index (χ2v) is 5.18. The van der Waals surface area contributed by atoms with Crippen molar-refractivity contribution in [3.63, 3.8) is 0 Å². The fourth-order valence-corrected chi connectivity index (χ4v) is 2.25. The fourth-order valence-electron chi connectivity index (χ4n) is 2.25. The Labute approximate surface area is 119 Å². The largest absolute Gasteiger partial charge is 0.476 e. The molecule has 1 fully saturated rings. The number of aromatic nitrogens is 2. The molecule has 1 saturated carbocycles. The Bertz CT molecular complexity index is 597. The van der Waals surface area contributed by atoms with E-state index in [-0.39, 0.29) is 0 Å². The van der Waals surface area contributed by atoms with Crippen molar-refractivity contribution in [2.24, 2.45) is 0 Å². The van der Waals surface area contributed by atoms with Gasteiger partial charge in [0.1, 0.15) is 6.61 Å². The van der Waals surface area contributed by atoms with Gasteiger partial charge in [0.05, 0.1) is 10.9 Å². The second-order valence-electron chi connectivity index (χ2n) is 5.18. The summed E-state index contributed by atoms with van der Waals surface area (Å²) in [7, 11) is 3.97. The molecule has 2 aromatic rings. The van der Waals surface area contributed by atoms with E-state index in [2.05, 4.69) is 27.2 Å². The Morgan fingerprint density at radius 3 is 2.85 bits per heavy atom. The molecule has 1 aliphatic rings. The van der Waals surface area contributed by atoms with Crippen molar-refractivity contribution >= 4 is 16.9 Å². The van der Waals surface area contributed by atoms with E-state index in [1.54, 1.807) is 0 Å². The number of rotatable bonds is 6. The average Bonchev–Trinajstić information content (AvgIpc) is 3.31. The van der Waals surface area contributed by atoms with E-state index in [1.165, 1.54) is 12.8 Å². The molecule has 5 nitrogen and oxygen atoms in total. The number of likely N-dealkylation sites (N-methyl/N-ethyl adjacent to an activating group) is 1. The number of hydrogen-bond donors (Lipinski definition) is 1. The molecular formula is C15H20N4O. The summed E-state index contributed by atoms with van der Waals surface area (Å²) < 4.78 is 5.88. The van der Waals surface area contributed by atoms with Gasteiger partial charge in [-0.2, -0.15) is 4.98 Å². The van der Waals surface area contributed by atoms with Gasteiger partial charge in [0.25, 0.3) is 0 Å². The Balaban J connectivity index is 1.75. The number of hydrogen-bond acceptors (Lipinski definition) is 5. The lowest BCUT2D eigenvalue weighted by Gasteiger charge is -2.16. The maximum atomic E-state index is 5.88. The lowest BCUT2D eigenvalue weighted by atomic mass is 10.2. The monoisotopic (exact) mass is 272 g/mol. The zero-order valence-electron chi connectivity index (χ0n) is 12.0. The summed E-state index contributed by atoms with van der Waals surface area (Å²) in [5.41, 5.74) is 0.900.